The summed E-state index contributed by atoms with van der Waals surface area (Å²) in [5, 5.41) is 2.40. The topological polar surface area (TPSA) is 72.6 Å². The highest BCUT2D eigenvalue weighted by Crippen LogP contribution is 2.27. The van der Waals surface area contributed by atoms with Crippen LogP contribution in [0.2, 0.25) is 0 Å². The molecule has 0 fully saturated rings. The van der Waals surface area contributed by atoms with Gasteiger partial charge in [-0.2, -0.15) is 0 Å². The van der Waals surface area contributed by atoms with E-state index in [1.54, 1.807) is 18.2 Å². The summed E-state index contributed by atoms with van der Waals surface area (Å²) in [7, 11) is 0. The number of carbonyl (C=O) groups is 2. The fourth-order valence-electron chi connectivity index (χ4n) is 2.34. The second kappa shape index (κ2) is 9.48. The number of amides is 1. The molecule has 142 valence electrons. The summed E-state index contributed by atoms with van der Waals surface area (Å²) in [6.07, 6.45) is 5.78. The molecule has 1 aromatic carbocycles. The van der Waals surface area contributed by atoms with Crippen molar-refractivity contribution in [3.63, 3.8) is 0 Å². The first-order chi connectivity index (χ1) is 13.7. The summed E-state index contributed by atoms with van der Waals surface area (Å²) in [6, 6.07) is 13.1. The predicted octanol–water partition coefficient (Wildman–Crippen LogP) is 4.18. The molecule has 0 saturated carbocycles. The first-order valence-electron chi connectivity index (χ1n) is 8.48. The molecule has 0 aliphatic rings. The number of carbonyl (C=O) groups excluding carboxylic acids is 2. The Balaban J connectivity index is 1.63. The van der Waals surface area contributed by atoms with Crippen LogP contribution in [-0.2, 0) is 14.3 Å². The van der Waals surface area contributed by atoms with E-state index in [4.69, 9.17) is 9.15 Å². The number of aromatic nitrogens is 1. The lowest BCUT2D eigenvalue weighted by atomic mass is 10.2. The minimum Gasteiger partial charge on any atom is -0.465 e. The lowest BCUT2D eigenvalue weighted by Crippen LogP contribution is -2.34. The highest BCUT2D eigenvalue weighted by Gasteiger charge is 2.19. The number of furan rings is 1. The van der Waals surface area contributed by atoms with Crippen molar-refractivity contribution < 1.29 is 18.7 Å². The van der Waals surface area contributed by atoms with Crippen molar-refractivity contribution in [1.29, 1.82) is 0 Å². The molecule has 3 aromatic rings. The zero-order valence-corrected chi connectivity index (χ0v) is 15.8. The maximum absolute atomic E-state index is 12.5. The first-order valence-corrected chi connectivity index (χ1v) is 9.36. The van der Waals surface area contributed by atoms with Crippen LogP contribution < -0.4 is 4.90 Å². The Morgan fingerprint density at radius 1 is 1.21 bits per heavy atom. The Labute approximate surface area is 166 Å². The van der Waals surface area contributed by atoms with Gasteiger partial charge in [-0.15, -0.1) is 17.9 Å². The SMILES string of the molecule is C=CCN(C(=O)COC(=O)/C=C/c1ccco1)c1nc(-c2ccccc2)cs1. The second-order valence-electron chi connectivity index (χ2n) is 5.63. The molecule has 0 aliphatic heterocycles. The van der Waals surface area contributed by atoms with Crippen LogP contribution in [0, 0.1) is 0 Å². The number of thiazole rings is 1. The van der Waals surface area contributed by atoms with Gasteiger partial charge in [-0.25, -0.2) is 9.78 Å². The molecule has 2 aromatic heterocycles. The Morgan fingerprint density at radius 2 is 2.04 bits per heavy atom. The minimum atomic E-state index is -0.632. The summed E-state index contributed by atoms with van der Waals surface area (Å²) in [5.74, 6) is -0.492. The van der Waals surface area contributed by atoms with Gasteiger partial charge in [-0.3, -0.25) is 9.69 Å². The number of esters is 1. The van der Waals surface area contributed by atoms with Gasteiger partial charge in [0.2, 0.25) is 0 Å². The Kier molecular flexibility index (Phi) is 6.54. The fourth-order valence-corrected chi connectivity index (χ4v) is 3.20. The lowest BCUT2D eigenvalue weighted by Gasteiger charge is -2.17. The summed E-state index contributed by atoms with van der Waals surface area (Å²) in [4.78, 5) is 30.3. The maximum Gasteiger partial charge on any atom is 0.331 e. The molecule has 0 unspecified atom stereocenters. The number of benzene rings is 1. The highest BCUT2D eigenvalue weighted by atomic mass is 32.1. The molecule has 0 aliphatic carbocycles. The van der Waals surface area contributed by atoms with Gasteiger partial charge < -0.3 is 9.15 Å². The van der Waals surface area contributed by atoms with E-state index in [2.05, 4.69) is 11.6 Å². The summed E-state index contributed by atoms with van der Waals surface area (Å²) < 4.78 is 10.1. The van der Waals surface area contributed by atoms with Crippen LogP contribution in [0.15, 0.2) is 77.3 Å². The quantitative estimate of drug-likeness (QED) is 0.326. The predicted molar refractivity (Wildman–Crippen MR) is 109 cm³/mol. The van der Waals surface area contributed by atoms with Crippen molar-refractivity contribution in [2.24, 2.45) is 0 Å². The minimum absolute atomic E-state index is 0.264. The molecule has 2 heterocycles. The summed E-state index contributed by atoms with van der Waals surface area (Å²) >= 11 is 1.34. The molecule has 0 N–H and O–H groups in total. The fraction of sp³-hybridized carbons (Fsp3) is 0.0952. The molecule has 3 rings (SSSR count). The van der Waals surface area contributed by atoms with Gasteiger partial charge in [-0.05, 0) is 18.2 Å². The second-order valence-corrected chi connectivity index (χ2v) is 6.47. The van der Waals surface area contributed by atoms with E-state index >= 15 is 0 Å². The van der Waals surface area contributed by atoms with Gasteiger partial charge in [0.15, 0.2) is 11.7 Å². The van der Waals surface area contributed by atoms with Crippen molar-refractivity contribution in [3.05, 3.63) is 78.6 Å². The number of ether oxygens (including phenoxy) is 1. The van der Waals surface area contributed by atoms with Crippen LogP contribution in [0.1, 0.15) is 5.76 Å². The van der Waals surface area contributed by atoms with E-state index in [-0.39, 0.29) is 12.5 Å². The standard InChI is InChI=1S/C21H18N2O4S/c1-2-12-23(21-22-18(15-28-21)16-7-4-3-5-8-16)19(24)14-27-20(25)11-10-17-9-6-13-26-17/h2-11,13,15H,1,12,14H2/b11-10+. The number of hydrogen-bond acceptors (Lipinski definition) is 6. The average Bonchev–Trinajstić information content (AvgIpc) is 3.41. The number of nitrogens with zero attached hydrogens (tertiary/aromatic N) is 2. The van der Waals surface area contributed by atoms with Crippen molar-refractivity contribution in [2.75, 3.05) is 18.1 Å². The van der Waals surface area contributed by atoms with Crippen LogP contribution in [-0.4, -0.2) is 30.0 Å². The zero-order chi connectivity index (χ0) is 19.8. The van der Waals surface area contributed by atoms with E-state index in [9.17, 15) is 9.59 Å². The van der Waals surface area contributed by atoms with Gasteiger partial charge in [-0.1, -0.05) is 36.4 Å². The third-order valence-corrected chi connectivity index (χ3v) is 4.53. The van der Waals surface area contributed by atoms with Crippen LogP contribution in [0.4, 0.5) is 5.13 Å². The zero-order valence-electron chi connectivity index (χ0n) is 15.0. The summed E-state index contributed by atoms with van der Waals surface area (Å²) in [6.45, 7) is 3.55. The first kappa shape index (κ1) is 19.3. The van der Waals surface area contributed by atoms with Gasteiger partial charge >= 0.3 is 5.97 Å². The maximum atomic E-state index is 12.5. The molecule has 0 bridgehead atoms. The van der Waals surface area contributed by atoms with E-state index in [0.717, 1.165) is 11.3 Å². The van der Waals surface area contributed by atoms with Crippen molar-refractivity contribution in [2.45, 2.75) is 0 Å². The van der Waals surface area contributed by atoms with Gasteiger partial charge in [0.25, 0.3) is 5.91 Å². The van der Waals surface area contributed by atoms with Crippen molar-refractivity contribution in [3.8, 4) is 11.3 Å². The highest BCUT2D eigenvalue weighted by molar-refractivity contribution is 7.14. The number of rotatable bonds is 8. The van der Waals surface area contributed by atoms with Gasteiger partial charge in [0.1, 0.15) is 5.76 Å². The Bertz CT molecular complexity index is 961. The van der Waals surface area contributed by atoms with Crippen LogP contribution in [0.3, 0.4) is 0 Å². The Morgan fingerprint density at radius 3 is 2.75 bits per heavy atom. The lowest BCUT2D eigenvalue weighted by molar-refractivity contribution is -0.142. The molecular formula is C21H18N2O4S. The van der Waals surface area contributed by atoms with E-state index < -0.39 is 12.6 Å². The van der Waals surface area contributed by atoms with Crippen LogP contribution in [0.25, 0.3) is 17.3 Å². The van der Waals surface area contributed by atoms with Gasteiger partial charge in [0.05, 0.1) is 12.0 Å². The van der Waals surface area contributed by atoms with E-state index in [0.29, 0.717) is 10.9 Å². The molecule has 0 saturated heterocycles. The van der Waals surface area contributed by atoms with E-state index in [1.807, 2.05) is 35.7 Å². The summed E-state index contributed by atoms with van der Waals surface area (Å²) in [5.41, 5.74) is 1.74. The van der Waals surface area contributed by atoms with Crippen LogP contribution in [0.5, 0.6) is 0 Å². The van der Waals surface area contributed by atoms with Crippen molar-refractivity contribution >= 4 is 34.4 Å². The monoisotopic (exact) mass is 394 g/mol. The van der Waals surface area contributed by atoms with Crippen LogP contribution >= 0.6 is 11.3 Å². The normalized spacial score (nSPS) is 10.7. The number of anilines is 1. The molecule has 0 atom stereocenters. The van der Waals surface area contributed by atoms with E-state index in [1.165, 1.54) is 34.7 Å². The third-order valence-electron chi connectivity index (χ3n) is 3.67. The van der Waals surface area contributed by atoms with Crippen molar-refractivity contribution in [1.82, 2.24) is 4.98 Å². The number of hydrogen-bond donors (Lipinski definition) is 0. The molecule has 0 spiro atoms. The largest absolute Gasteiger partial charge is 0.465 e. The Hall–Kier alpha value is -3.45. The average molecular weight is 394 g/mol. The molecule has 28 heavy (non-hydrogen) atoms. The molecule has 7 heteroatoms. The molecule has 1 amide bonds. The molecule has 0 radical (unpaired) electrons. The molecule has 6 nitrogen and oxygen atoms in total. The van der Waals surface area contributed by atoms with Gasteiger partial charge in [0, 0.05) is 23.6 Å². The smallest absolute Gasteiger partial charge is 0.331 e. The molecular weight excluding hydrogens is 376 g/mol. The third kappa shape index (κ3) is 5.05.